The Hall–Kier alpha value is -0.700. The highest BCUT2D eigenvalue weighted by Crippen LogP contribution is 2.35. The number of rotatable bonds is 2. The van der Waals surface area contributed by atoms with Crippen molar-refractivity contribution in [1.82, 2.24) is 0 Å². The molecule has 2 rings (SSSR count). The minimum absolute atomic E-state index is 0.712. The summed E-state index contributed by atoms with van der Waals surface area (Å²) in [6, 6.07) is 4.88. The summed E-state index contributed by atoms with van der Waals surface area (Å²) in [5.74, 6) is 0. The predicted molar refractivity (Wildman–Crippen MR) is 69.3 cm³/mol. The molecule has 1 fully saturated rings. The van der Waals surface area contributed by atoms with E-state index in [0.717, 1.165) is 15.7 Å². The van der Waals surface area contributed by atoms with Crippen LogP contribution in [0.2, 0.25) is 0 Å². The van der Waals surface area contributed by atoms with Gasteiger partial charge in [0.2, 0.25) is 0 Å². The van der Waals surface area contributed by atoms with E-state index in [1.807, 2.05) is 6.07 Å². The molecule has 15 heavy (non-hydrogen) atoms. The first-order valence-electron chi connectivity index (χ1n) is 5.38. The summed E-state index contributed by atoms with van der Waals surface area (Å²) >= 11 is 3.58. The van der Waals surface area contributed by atoms with E-state index in [4.69, 9.17) is 5.73 Å². The normalized spacial score (nSPS) is 16.2. The summed E-state index contributed by atoms with van der Waals surface area (Å²) < 4.78 is 1.10. The van der Waals surface area contributed by atoms with Gasteiger partial charge in [0.15, 0.2) is 0 Å². The van der Waals surface area contributed by atoms with Gasteiger partial charge in [0.1, 0.15) is 0 Å². The summed E-state index contributed by atoms with van der Waals surface area (Å²) in [6.45, 7) is 2.06. The zero-order valence-corrected chi connectivity index (χ0v) is 10.8. The topological polar surface area (TPSA) is 29.3 Å². The zero-order valence-electron chi connectivity index (χ0n) is 9.26. The SMILES string of the molecule is Cc1cc(N(C)C2CCC2)c(Br)cc1N. The number of nitrogen functional groups attached to an aromatic ring is 1. The van der Waals surface area contributed by atoms with Crippen molar-refractivity contribution in [2.45, 2.75) is 32.2 Å². The summed E-state index contributed by atoms with van der Waals surface area (Å²) in [5.41, 5.74) is 9.13. The first kappa shape index (κ1) is 10.8. The molecule has 0 radical (unpaired) electrons. The molecule has 82 valence electrons. The second kappa shape index (κ2) is 4.05. The standard InChI is InChI=1S/C12H17BrN2/c1-8-6-12(10(13)7-11(8)14)15(2)9-4-3-5-9/h6-7,9H,3-5,14H2,1-2H3. The molecule has 2 N–H and O–H groups in total. The Morgan fingerprint density at radius 3 is 2.60 bits per heavy atom. The van der Waals surface area contributed by atoms with Crippen LogP contribution in [0, 0.1) is 6.92 Å². The number of hydrogen-bond donors (Lipinski definition) is 1. The molecule has 0 amide bonds. The molecule has 0 bridgehead atoms. The van der Waals surface area contributed by atoms with Crippen molar-refractivity contribution < 1.29 is 0 Å². The van der Waals surface area contributed by atoms with Gasteiger partial charge in [-0.2, -0.15) is 0 Å². The minimum atomic E-state index is 0.712. The largest absolute Gasteiger partial charge is 0.398 e. The Bertz CT molecular complexity index is 372. The number of nitrogens with two attached hydrogens (primary N) is 1. The highest BCUT2D eigenvalue weighted by Gasteiger charge is 2.23. The second-order valence-electron chi connectivity index (χ2n) is 4.36. The van der Waals surface area contributed by atoms with Crippen LogP contribution in [-0.4, -0.2) is 13.1 Å². The molecule has 1 saturated carbocycles. The lowest BCUT2D eigenvalue weighted by molar-refractivity contribution is 0.401. The molecule has 1 aliphatic carbocycles. The Morgan fingerprint density at radius 1 is 1.40 bits per heavy atom. The van der Waals surface area contributed by atoms with Gasteiger partial charge in [0, 0.05) is 23.2 Å². The highest BCUT2D eigenvalue weighted by atomic mass is 79.9. The molecular formula is C12H17BrN2. The Labute approximate surface area is 99.6 Å². The summed E-state index contributed by atoms with van der Waals surface area (Å²) in [6.07, 6.45) is 3.99. The zero-order chi connectivity index (χ0) is 11.0. The fourth-order valence-corrected chi connectivity index (χ4v) is 2.56. The fourth-order valence-electron chi connectivity index (χ4n) is 1.92. The number of anilines is 2. The average molecular weight is 269 g/mol. The maximum Gasteiger partial charge on any atom is 0.0514 e. The average Bonchev–Trinajstić information content (AvgIpc) is 2.08. The number of halogens is 1. The van der Waals surface area contributed by atoms with E-state index < -0.39 is 0 Å². The minimum Gasteiger partial charge on any atom is -0.398 e. The van der Waals surface area contributed by atoms with Gasteiger partial charge in [-0.15, -0.1) is 0 Å². The third-order valence-electron chi connectivity index (χ3n) is 3.34. The maximum atomic E-state index is 5.86. The van der Waals surface area contributed by atoms with Crippen LogP contribution in [0.15, 0.2) is 16.6 Å². The third kappa shape index (κ3) is 1.98. The van der Waals surface area contributed by atoms with E-state index in [0.29, 0.717) is 6.04 Å². The number of benzene rings is 1. The van der Waals surface area contributed by atoms with Crippen LogP contribution in [0.4, 0.5) is 11.4 Å². The Kier molecular flexibility index (Phi) is 2.91. The van der Waals surface area contributed by atoms with Crippen molar-refractivity contribution in [3.05, 3.63) is 22.2 Å². The first-order valence-corrected chi connectivity index (χ1v) is 6.17. The van der Waals surface area contributed by atoms with Gasteiger partial charge < -0.3 is 10.6 Å². The molecule has 1 aromatic carbocycles. The van der Waals surface area contributed by atoms with Crippen LogP contribution in [0.25, 0.3) is 0 Å². The fraction of sp³-hybridized carbons (Fsp3) is 0.500. The molecule has 0 atom stereocenters. The van der Waals surface area contributed by atoms with Crippen LogP contribution in [0.5, 0.6) is 0 Å². The van der Waals surface area contributed by atoms with E-state index >= 15 is 0 Å². The van der Waals surface area contributed by atoms with Crippen molar-refractivity contribution in [3.8, 4) is 0 Å². The molecule has 0 heterocycles. The molecule has 0 saturated heterocycles. The van der Waals surface area contributed by atoms with Crippen molar-refractivity contribution >= 4 is 27.3 Å². The van der Waals surface area contributed by atoms with Crippen molar-refractivity contribution in [2.75, 3.05) is 17.7 Å². The van der Waals surface area contributed by atoms with Crippen LogP contribution in [-0.2, 0) is 0 Å². The molecule has 1 aliphatic rings. The summed E-state index contributed by atoms with van der Waals surface area (Å²) in [5, 5.41) is 0. The predicted octanol–water partition coefficient (Wildman–Crippen LogP) is 3.33. The Morgan fingerprint density at radius 2 is 2.07 bits per heavy atom. The van der Waals surface area contributed by atoms with E-state index in [9.17, 15) is 0 Å². The summed E-state index contributed by atoms with van der Waals surface area (Å²) in [7, 11) is 2.17. The lowest BCUT2D eigenvalue weighted by Crippen LogP contribution is -2.37. The lowest BCUT2D eigenvalue weighted by atomic mass is 9.91. The van der Waals surface area contributed by atoms with Crippen LogP contribution in [0.1, 0.15) is 24.8 Å². The molecule has 0 unspecified atom stereocenters. The second-order valence-corrected chi connectivity index (χ2v) is 5.21. The summed E-state index contributed by atoms with van der Waals surface area (Å²) in [4.78, 5) is 2.36. The highest BCUT2D eigenvalue weighted by molar-refractivity contribution is 9.10. The van der Waals surface area contributed by atoms with Gasteiger partial charge in [-0.3, -0.25) is 0 Å². The van der Waals surface area contributed by atoms with Gasteiger partial charge in [0.05, 0.1) is 5.69 Å². The molecular weight excluding hydrogens is 252 g/mol. The van der Waals surface area contributed by atoms with Crippen molar-refractivity contribution in [2.24, 2.45) is 0 Å². The van der Waals surface area contributed by atoms with Gasteiger partial charge in [-0.05, 0) is 59.8 Å². The molecule has 1 aromatic rings. The van der Waals surface area contributed by atoms with Gasteiger partial charge in [-0.1, -0.05) is 0 Å². The van der Waals surface area contributed by atoms with Crippen LogP contribution in [0.3, 0.4) is 0 Å². The smallest absolute Gasteiger partial charge is 0.0514 e. The molecule has 2 nitrogen and oxygen atoms in total. The monoisotopic (exact) mass is 268 g/mol. The van der Waals surface area contributed by atoms with Crippen LogP contribution < -0.4 is 10.6 Å². The first-order chi connectivity index (χ1) is 7.09. The van der Waals surface area contributed by atoms with E-state index in [1.54, 1.807) is 0 Å². The van der Waals surface area contributed by atoms with Gasteiger partial charge >= 0.3 is 0 Å². The van der Waals surface area contributed by atoms with Gasteiger partial charge in [-0.25, -0.2) is 0 Å². The number of hydrogen-bond acceptors (Lipinski definition) is 2. The molecule has 3 heteroatoms. The lowest BCUT2D eigenvalue weighted by Gasteiger charge is -2.37. The molecule has 0 aromatic heterocycles. The maximum absolute atomic E-state index is 5.86. The van der Waals surface area contributed by atoms with Crippen molar-refractivity contribution in [3.63, 3.8) is 0 Å². The third-order valence-corrected chi connectivity index (χ3v) is 3.97. The number of nitrogens with zero attached hydrogens (tertiary/aromatic N) is 1. The molecule has 0 spiro atoms. The Balaban J connectivity index is 2.30. The van der Waals surface area contributed by atoms with Crippen LogP contribution >= 0.6 is 15.9 Å². The number of aryl methyl sites for hydroxylation is 1. The van der Waals surface area contributed by atoms with Crippen molar-refractivity contribution in [1.29, 1.82) is 0 Å². The van der Waals surface area contributed by atoms with E-state index in [-0.39, 0.29) is 0 Å². The molecule has 0 aliphatic heterocycles. The van der Waals surface area contributed by atoms with Gasteiger partial charge in [0.25, 0.3) is 0 Å². The quantitative estimate of drug-likeness (QED) is 0.834. The van der Waals surface area contributed by atoms with E-state index in [2.05, 4.69) is 40.9 Å². The van der Waals surface area contributed by atoms with E-state index in [1.165, 1.54) is 24.9 Å².